The molecule has 2 heterocycles. The lowest BCUT2D eigenvalue weighted by atomic mass is 10.1. The molecule has 0 spiro atoms. The zero-order valence-electron chi connectivity index (χ0n) is 8.48. The second-order valence-corrected chi connectivity index (χ2v) is 3.58. The molecule has 0 atom stereocenters. The Morgan fingerprint density at radius 3 is 2.88 bits per heavy atom. The van der Waals surface area contributed by atoms with Gasteiger partial charge in [0.1, 0.15) is 6.07 Å². The molecule has 0 unspecified atom stereocenters. The summed E-state index contributed by atoms with van der Waals surface area (Å²) in [6.07, 6.45) is 4.79. The summed E-state index contributed by atoms with van der Waals surface area (Å²) >= 11 is 5.73. The summed E-state index contributed by atoms with van der Waals surface area (Å²) in [5.74, 6) is 0. The van der Waals surface area contributed by atoms with Crippen LogP contribution in [0.1, 0.15) is 11.1 Å². The van der Waals surface area contributed by atoms with E-state index in [-0.39, 0.29) is 5.28 Å². The van der Waals surface area contributed by atoms with Crippen LogP contribution in [0, 0.1) is 18.3 Å². The fourth-order valence-corrected chi connectivity index (χ4v) is 1.48. The summed E-state index contributed by atoms with van der Waals surface area (Å²) in [5.41, 5.74) is 2.85. The van der Waals surface area contributed by atoms with Gasteiger partial charge in [-0.2, -0.15) is 5.26 Å². The Kier molecular flexibility index (Phi) is 2.80. The minimum atomic E-state index is 0.183. The average Bonchev–Trinajstić information content (AvgIpc) is 2.32. The molecule has 0 aromatic carbocycles. The van der Waals surface area contributed by atoms with Crippen LogP contribution in [0.3, 0.4) is 0 Å². The number of hydrogen-bond donors (Lipinski definition) is 0. The second kappa shape index (κ2) is 4.25. The van der Waals surface area contributed by atoms with Gasteiger partial charge in [-0.05, 0) is 30.2 Å². The molecule has 78 valence electrons. The minimum Gasteiger partial charge on any atom is -0.263 e. The van der Waals surface area contributed by atoms with Crippen LogP contribution in [0.2, 0.25) is 5.28 Å². The Morgan fingerprint density at radius 1 is 1.31 bits per heavy atom. The van der Waals surface area contributed by atoms with E-state index >= 15 is 0 Å². The molecular formula is C11H7ClN4. The first-order valence-corrected chi connectivity index (χ1v) is 4.93. The van der Waals surface area contributed by atoms with Crippen LogP contribution in [0.15, 0.2) is 24.7 Å². The third-order valence-corrected chi connectivity index (χ3v) is 2.27. The Bertz CT molecular complexity index is 574. The number of pyridine rings is 1. The van der Waals surface area contributed by atoms with Gasteiger partial charge >= 0.3 is 0 Å². The van der Waals surface area contributed by atoms with Crippen LogP contribution in [-0.2, 0) is 0 Å². The van der Waals surface area contributed by atoms with Crippen molar-refractivity contribution in [2.75, 3.05) is 0 Å². The van der Waals surface area contributed by atoms with E-state index in [1.165, 1.54) is 6.20 Å². The number of halogens is 1. The maximum Gasteiger partial charge on any atom is 0.222 e. The van der Waals surface area contributed by atoms with Gasteiger partial charge in [-0.15, -0.1) is 0 Å². The van der Waals surface area contributed by atoms with Crippen molar-refractivity contribution in [3.63, 3.8) is 0 Å². The van der Waals surface area contributed by atoms with E-state index in [2.05, 4.69) is 15.0 Å². The number of aryl methyl sites for hydroxylation is 1. The van der Waals surface area contributed by atoms with Crippen LogP contribution in [0.5, 0.6) is 0 Å². The molecule has 16 heavy (non-hydrogen) atoms. The van der Waals surface area contributed by atoms with Crippen LogP contribution in [0.4, 0.5) is 0 Å². The molecule has 0 aliphatic carbocycles. The van der Waals surface area contributed by atoms with E-state index in [9.17, 15) is 0 Å². The highest BCUT2D eigenvalue weighted by Crippen LogP contribution is 2.21. The fraction of sp³-hybridized carbons (Fsp3) is 0.0909. The fourth-order valence-electron chi connectivity index (χ4n) is 1.34. The van der Waals surface area contributed by atoms with Crippen molar-refractivity contribution in [3.05, 3.63) is 41.1 Å². The third-order valence-electron chi connectivity index (χ3n) is 2.08. The summed E-state index contributed by atoms with van der Waals surface area (Å²) < 4.78 is 0. The second-order valence-electron chi connectivity index (χ2n) is 3.24. The van der Waals surface area contributed by atoms with Gasteiger partial charge in [0.05, 0.1) is 11.3 Å². The maximum atomic E-state index is 8.78. The van der Waals surface area contributed by atoms with Crippen molar-refractivity contribution >= 4 is 11.6 Å². The summed E-state index contributed by atoms with van der Waals surface area (Å²) in [7, 11) is 0. The van der Waals surface area contributed by atoms with Crippen molar-refractivity contribution in [1.29, 1.82) is 5.26 Å². The van der Waals surface area contributed by atoms with Gasteiger partial charge in [0.25, 0.3) is 0 Å². The van der Waals surface area contributed by atoms with E-state index in [1.54, 1.807) is 18.5 Å². The van der Waals surface area contributed by atoms with Gasteiger partial charge in [0, 0.05) is 24.2 Å². The number of nitrogens with zero attached hydrogens (tertiary/aromatic N) is 4. The summed E-state index contributed by atoms with van der Waals surface area (Å²) in [6.45, 7) is 1.88. The molecule has 2 rings (SSSR count). The van der Waals surface area contributed by atoms with Crippen molar-refractivity contribution < 1.29 is 0 Å². The molecule has 0 amide bonds. The van der Waals surface area contributed by atoms with Crippen LogP contribution in [0.25, 0.3) is 11.3 Å². The Hall–Kier alpha value is -1.99. The molecule has 5 heteroatoms. The van der Waals surface area contributed by atoms with Crippen molar-refractivity contribution in [2.45, 2.75) is 6.92 Å². The van der Waals surface area contributed by atoms with Crippen LogP contribution in [-0.4, -0.2) is 15.0 Å². The zero-order chi connectivity index (χ0) is 11.5. The van der Waals surface area contributed by atoms with Crippen LogP contribution >= 0.6 is 11.6 Å². The predicted octanol–water partition coefficient (Wildman–Crippen LogP) is 2.37. The summed E-state index contributed by atoms with van der Waals surface area (Å²) in [6, 6.07) is 3.75. The van der Waals surface area contributed by atoms with E-state index < -0.39 is 0 Å². The van der Waals surface area contributed by atoms with E-state index in [0.29, 0.717) is 11.3 Å². The Labute approximate surface area is 97.6 Å². The monoisotopic (exact) mass is 230 g/mol. The van der Waals surface area contributed by atoms with E-state index in [4.69, 9.17) is 16.9 Å². The quantitative estimate of drug-likeness (QED) is 0.706. The molecule has 0 saturated heterocycles. The van der Waals surface area contributed by atoms with Gasteiger partial charge in [-0.25, -0.2) is 9.97 Å². The molecule has 0 bridgehead atoms. The van der Waals surface area contributed by atoms with Crippen molar-refractivity contribution in [2.24, 2.45) is 0 Å². The number of rotatable bonds is 1. The van der Waals surface area contributed by atoms with Crippen molar-refractivity contribution in [3.8, 4) is 17.3 Å². The largest absolute Gasteiger partial charge is 0.263 e. The van der Waals surface area contributed by atoms with E-state index in [0.717, 1.165) is 11.1 Å². The van der Waals surface area contributed by atoms with Crippen LogP contribution < -0.4 is 0 Å². The molecular weight excluding hydrogens is 224 g/mol. The van der Waals surface area contributed by atoms with Crippen molar-refractivity contribution in [1.82, 2.24) is 15.0 Å². The summed E-state index contributed by atoms with van der Waals surface area (Å²) in [5, 5.41) is 8.97. The molecule has 0 aliphatic heterocycles. The van der Waals surface area contributed by atoms with E-state index in [1.807, 2.05) is 13.0 Å². The highest BCUT2D eigenvalue weighted by Gasteiger charge is 2.06. The Morgan fingerprint density at radius 2 is 2.12 bits per heavy atom. The van der Waals surface area contributed by atoms with Gasteiger partial charge < -0.3 is 0 Å². The molecule has 0 aliphatic rings. The molecule has 0 radical (unpaired) electrons. The lowest BCUT2D eigenvalue weighted by Crippen LogP contribution is -1.92. The lowest BCUT2D eigenvalue weighted by molar-refractivity contribution is 1.13. The molecule has 4 nitrogen and oxygen atoms in total. The highest BCUT2D eigenvalue weighted by molar-refractivity contribution is 6.28. The third kappa shape index (κ3) is 2.00. The first-order chi connectivity index (χ1) is 7.70. The highest BCUT2D eigenvalue weighted by atomic mass is 35.5. The molecule has 0 N–H and O–H groups in total. The zero-order valence-corrected chi connectivity index (χ0v) is 9.23. The molecule has 2 aromatic heterocycles. The molecule has 2 aromatic rings. The molecule has 0 fully saturated rings. The maximum absolute atomic E-state index is 8.78. The van der Waals surface area contributed by atoms with Gasteiger partial charge in [-0.3, -0.25) is 4.98 Å². The number of aromatic nitrogens is 3. The first-order valence-electron chi connectivity index (χ1n) is 4.55. The van der Waals surface area contributed by atoms with Gasteiger partial charge in [0.2, 0.25) is 5.28 Å². The first kappa shape index (κ1) is 10.5. The topological polar surface area (TPSA) is 62.5 Å². The minimum absolute atomic E-state index is 0.183. The van der Waals surface area contributed by atoms with Gasteiger partial charge in [-0.1, -0.05) is 0 Å². The predicted molar refractivity (Wildman–Crippen MR) is 59.7 cm³/mol. The average molecular weight is 231 g/mol. The smallest absolute Gasteiger partial charge is 0.222 e. The Balaban J connectivity index is 2.58. The summed E-state index contributed by atoms with van der Waals surface area (Å²) in [4.78, 5) is 12.0. The standard InChI is InChI=1S/C11H7ClN4/c1-7-4-15-11(12)16-10(7)9-2-8(3-13)5-14-6-9/h2,4-6H,1H3. The van der Waals surface area contributed by atoms with Gasteiger partial charge in [0.15, 0.2) is 0 Å². The number of nitriles is 1. The SMILES string of the molecule is Cc1cnc(Cl)nc1-c1cncc(C#N)c1. The normalized spacial score (nSPS) is 9.81. The molecule has 0 saturated carbocycles. The number of hydrogen-bond acceptors (Lipinski definition) is 4. The lowest BCUT2D eigenvalue weighted by Gasteiger charge is -2.04.